The quantitative estimate of drug-likeness (QED) is 0.856. The van der Waals surface area contributed by atoms with E-state index in [1.165, 1.54) is 12.8 Å². The van der Waals surface area contributed by atoms with E-state index in [2.05, 4.69) is 27.3 Å². The van der Waals surface area contributed by atoms with Crippen molar-refractivity contribution in [3.63, 3.8) is 0 Å². The molecule has 0 atom stereocenters. The monoisotopic (exact) mass is 258 g/mol. The molecule has 6 heteroatoms. The second kappa shape index (κ2) is 4.87. The highest BCUT2D eigenvalue weighted by Crippen LogP contribution is 2.26. The van der Waals surface area contributed by atoms with Crippen LogP contribution >= 0.6 is 0 Å². The van der Waals surface area contributed by atoms with Crippen molar-refractivity contribution in [2.45, 2.75) is 38.8 Å². The van der Waals surface area contributed by atoms with E-state index < -0.39 is 0 Å². The Kier molecular flexibility index (Phi) is 3.06. The lowest BCUT2D eigenvalue weighted by Crippen LogP contribution is -2.08. The van der Waals surface area contributed by atoms with Crippen LogP contribution in [0.1, 0.15) is 26.2 Å². The van der Waals surface area contributed by atoms with Crippen LogP contribution in [0.3, 0.4) is 0 Å². The maximum Gasteiger partial charge on any atom is 0.222 e. The van der Waals surface area contributed by atoms with Gasteiger partial charge in [-0.25, -0.2) is 4.98 Å². The SMILES string of the molecule is CCCn1nccc1-c1cc(NC2CC2)nc(N)n1. The van der Waals surface area contributed by atoms with Gasteiger partial charge in [-0.05, 0) is 25.3 Å². The Morgan fingerprint density at radius 3 is 3.00 bits per heavy atom. The van der Waals surface area contributed by atoms with E-state index in [9.17, 15) is 0 Å². The molecule has 1 aliphatic carbocycles. The third-order valence-electron chi connectivity index (χ3n) is 3.09. The van der Waals surface area contributed by atoms with Gasteiger partial charge in [0.2, 0.25) is 5.95 Å². The topological polar surface area (TPSA) is 81.7 Å². The van der Waals surface area contributed by atoms with Gasteiger partial charge in [-0.15, -0.1) is 0 Å². The van der Waals surface area contributed by atoms with Crippen molar-refractivity contribution in [3.05, 3.63) is 18.3 Å². The van der Waals surface area contributed by atoms with Crippen molar-refractivity contribution < 1.29 is 0 Å². The van der Waals surface area contributed by atoms with Gasteiger partial charge in [-0.2, -0.15) is 10.1 Å². The Labute approximate surface area is 112 Å². The fraction of sp³-hybridized carbons (Fsp3) is 0.462. The first kappa shape index (κ1) is 12.0. The summed E-state index contributed by atoms with van der Waals surface area (Å²) in [5.41, 5.74) is 7.60. The number of nitrogens with one attached hydrogen (secondary N) is 1. The number of aromatic nitrogens is 4. The lowest BCUT2D eigenvalue weighted by molar-refractivity contribution is 0.608. The van der Waals surface area contributed by atoms with E-state index in [-0.39, 0.29) is 0 Å². The van der Waals surface area contributed by atoms with Gasteiger partial charge in [0.15, 0.2) is 0 Å². The number of rotatable bonds is 5. The number of hydrogen-bond acceptors (Lipinski definition) is 5. The molecule has 2 heterocycles. The molecule has 0 aromatic carbocycles. The van der Waals surface area contributed by atoms with Gasteiger partial charge in [-0.1, -0.05) is 6.92 Å². The molecule has 3 N–H and O–H groups in total. The number of nitrogens with two attached hydrogens (primary N) is 1. The number of hydrogen-bond donors (Lipinski definition) is 2. The number of aryl methyl sites for hydroxylation is 1. The lowest BCUT2D eigenvalue weighted by Gasteiger charge is -2.09. The van der Waals surface area contributed by atoms with E-state index in [1.54, 1.807) is 6.20 Å². The van der Waals surface area contributed by atoms with Crippen molar-refractivity contribution in [1.82, 2.24) is 19.7 Å². The Hall–Kier alpha value is -2.11. The van der Waals surface area contributed by atoms with Gasteiger partial charge < -0.3 is 11.1 Å². The molecule has 6 nitrogen and oxygen atoms in total. The highest BCUT2D eigenvalue weighted by atomic mass is 15.3. The highest BCUT2D eigenvalue weighted by molar-refractivity contribution is 5.61. The predicted molar refractivity (Wildman–Crippen MR) is 74.6 cm³/mol. The van der Waals surface area contributed by atoms with Gasteiger partial charge >= 0.3 is 0 Å². The van der Waals surface area contributed by atoms with Crippen LogP contribution in [0.4, 0.5) is 11.8 Å². The molecule has 100 valence electrons. The summed E-state index contributed by atoms with van der Waals surface area (Å²) >= 11 is 0. The zero-order chi connectivity index (χ0) is 13.2. The maximum absolute atomic E-state index is 5.79. The van der Waals surface area contributed by atoms with Crippen LogP contribution in [-0.4, -0.2) is 25.8 Å². The van der Waals surface area contributed by atoms with E-state index in [0.29, 0.717) is 12.0 Å². The first-order valence-electron chi connectivity index (χ1n) is 6.69. The predicted octanol–water partition coefficient (Wildman–Crippen LogP) is 1.91. The van der Waals surface area contributed by atoms with Crippen LogP contribution in [0.5, 0.6) is 0 Å². The summed E-state index contributed by atoms with van der Waals surface area (Å²) in [5, 5.41) is 7.66. The van der Waals surface area contributed by atoms with Gasteiger partial charge in [0.05, 0.1) is 11.4 Å². The van der Waals surface area contributed by atoms with E-state index >= 15 is 0 Å². The first-order chi connectivity index (χ1) is 9.26. The Morgan fingerprint density at radius 1 is 1.42 bits per heavy atom. The molecule has 19 heavy (non-hydrogen) atoms. The zero-order valence-electron chi connectivity index (χ0n) is 11.0. The van der Waals surface area contributed by atoms with Gasteiger partial charge in [0.1, 0.15) is 5.82 Å². The Bertz CT molecular complexity index is 572. The molecule has 0 bridgehead atoms. The molecule has 2 aromatic rings. The van der Waals surface area contributed by atoms with Crippen LogP contribution in [0.15, 0.2) is 18.3 Å². The molecule has 0 radical (unpaired) electrons. The van der Waals surface area contributed by atoms with Crippen molar-refractivity contribution >= 4 is 11.8 Å². The van der Waals surface area contributed by atoms with E-state index in [4.69, 9.17) is 5.73 Å². The zero-order valence-corrected chi connectivity index (χ0v) is 11.0. The summed E-state index contributed by atoms with van der Waals surface area (Å²) in [4.78, 5) is 8.54. The number of anilines is 2. The fourth-order valence-corrected chi connectivity index (χ4v) is 2.05. The minimum Gasteiger partial charge on any atom is -0.368 e. The van der Waals surface area contributed by atoms with Gasteiger partial charge in [-0.3, -0.25) is 4.68 Å². The van der Waals surface area contributed by atoms with Crippen molar-refractivity contribution in [1.29, 1.82) is 0 Å². The lowest BCUT2D eigenvalue weighted by atomic mass is 10.3. The summed E-state index contributed by atoms with van der Waals surface area (Å²) < 4.78 is 1.95. The van der Waals surface area contributed by atoms with Crippen molar-refractivity contribution in [2.24, 2.45) is 0 Å². The molecular weight excluding hydrogens is 240 g/mol. The summed E-state index contributed by atoms with van der Waals surface area (Å²) in [7, 11) is 0. The molecule has 0 saturated heterocycles. The molecule has 1 aliphatic rings. The molecular formula is C13H18N6. The van der Waals surface area contributed by atoms with Crippen LogP contribution in [0, 0.1) is 0 Å². The Balaban J connectivity index is 1.93. The third-order valence-corrected chi connectivity index (χ3v) is 3.09. The molecule has 3 rings (SSSR count). The standard InChI is InChI=1S/C13H18N6/c1-2-7-19-11(5-6-15-19)10-8-12(16-9-3-4-9)18-13(14)17-10/h5-6,8-9H,2-4,7H2,1H3,(H3,14,16,17,18). The third kappa shape index (κ3) is 2.67. The fourth-order valence-electron chi connectivity index (χ4n) is 2.05. The van der Waals surface area contributed by atoms with Crippen LogP contribution < -0.4 is 11.1 Å². The largest absolute Gasteiger partial charge is 0.368 e. The molecule has 0 spiro atoms. The first-order valence-corrected chi connectivity index (χ1v) is 6.69. The second-order valence-electron chi connectivity index (χ2n) is 4.85. The summed E-state index contributed by atoms with van der Waals surface area (Å²) in [6.45, 7) is 3.00. The maximum atomic E-state index is 5.79. The van der Waals surface area contributed by atoms with Crippen LogP contribution in [0.2, 0.25) is 0 Å². The second-order valence-corrected chi connectivity index (χ2v) is 4.85. The van der Waals surface area contributed by atoms with Crippen molar-refractivity contribution in [3.8, 4) is 11.4 Å². The normalized spacial score (nSPS) is 14.6. The average Bonchev–Trinajstić information content (AvgIpc) is 3.05. The van der Waals surface area contributed by atoms with Crippen LogP contribution in [-0.2, 0) is 6.54 Å². The average molecular weight is 258 g/mol. The summed E-state index contributed by atoms with van der Waals surface area (Å²) in [6.07, 6.45) is 5.22. The molecule has 1 saturated carbocycles. The minimum atomic E-state index is 0.296. The Morgan fingerprint density at radius 2 is 2.26 bits per heavy atom. The highest BCUT2D eigenvalue weighted by Gasteiger charge is 2.22. The number of nitrogen functional groups attached to an aromatic ring is 1. The van der Waals surface area contributed by atoms with Crippen LogP contribution in [0.25, 0.3) is 11.4 Å². The minimum absolute atomic E-state index is 0.296. The van der Waals surface area contributed by atoms with E-state index in [0.717, 1.165) is 30.2 Å². The molecule has 0 amide bonds. The smallest absolute Gasteiger partial charge is 0.222 e. The van der Waals surface area contributed by atoms with Gasteiger partial charge in [0.25, 0.3) is 0 Å². The molecule has 2 aromatic heterocycles. The molecule has 1 fully saturated rings. The van der Waals surface area contributed by atoms with Crippen molar-refractivity contribution in [2.75, 3.05) is 11.1 Å². The number of nitrogens with zero attached hydrogens (tertiary/aromatic N) is 4. The summed E-state index contributed by atoms with van der Waals surface area (Å²) in [5.74, 6) is 1.10. The molecule has 0 aliphatic heterocycles. The molecule has 0 unspecified atom stereocenters. The van der Waals surface area contributed by atoms with E-state index in [1.807, 2.05) is 16.8 Å². The van der Waals surface area contributed by atoms with Gasteiger partial charge in [0, 0.05) is 24.8 Å². The summed E-state index contributed by atoms with van der Waals surface area (Å²) in [6, 6.07) is 4.44.